The summed E-state index contributed by atoms with van der Waals surface area (Å²) in [5, 5.41) is 23.9. The SMILES string of the molecule is COc1cccc(/C=N\Nc2nc3c(c(=O)[nH]c(=O)n3C)n2C[C@H](C)O)c1O. The van der Waals surface area contributed by atoms with Gasteiger partial charge in [-0.1, -0.05) is 6.07 Å². The molecule has 3 rings (SSSR count). The Labute approximate surface area is 158 Å². The van der Waals surface area contributed by atoms with Crippen molar-refractivity contribution in [1.82, 2.24) is 19.1 Å². The van der Waals surface area contributed by atoms with E-state index in [-0.39, 0.29) is 29.4 Å². The molecule has 0 aliphatic carbocycles. The van der Waals surface area contributed by atoms with Crippen LogP contribution in [0, 0.1) is 0 Å². The molecule has 148 valence electrons. The number of para-hydroxylation sites is 1. The number of imidazole rings is 1. The highest BCUT2D eigenvalue weighted by atomic mass is 16.5. The molecule has 0 bridgehead atoms. The Bertz CT molecular complexity index is 1160. The number of aromatic nitrogens is 4. The van der Waals surface area contributed by atoms with Crippen LogP contribution in [0.3, 0.4) is 0 Å². The van der Waals surface area contributed by atoms with Crippen LogP contribution >= 0.6 is 0 Å². The third-order valence-electron chi connectivity index (χ3n) is 4.07. The molecule has 11 heteroatoms. The zero-order valence-electron chi connectivity index (χ0n) is 15.5. The molecule has 0 saturated carbocycles. The molecule has 1 atom stereocenters. The number of methoxy groups -OCH3 is 1. The Balaban J connectivity index is 2.03. The van der Waals surface area contributed by atoms with E-state index in [4.69, 9.17) is 4.74 Å². The van der Waals surface area contributed by atoms with E-state index in [1.54, 1.807) is 25.1 Å². The number of nitrogens with one attached hydrogen (secondary N) is 2. The lowest BCUT2D eigenvalue weighted by molar-refractivity contribution is 0.175. The van der Waals surface area contributed by atoms with Gasteiger partial charge in [0, 0.05) is 12.6 Å². The number of benzene rings is 1. The molecule has 0 fully saturated rings. The first kappa shape index (κ1) is 19.2. The lowest BCUT2D eigenvalue weighted by Crippen LogP contribution is -2.29. The molecule has 4 N–H and O–H groups in total. The molecule has 0 spiro atoms. The number of hydrogen-bond acceptors (Lipinski definition) is 8. The van der Waals surface area contributed by atoms with Gasteiger partial charge in [0.1, 0.15) is 0 Å². The van der Waals surface area contributed by atoms with Gasteiger partial charge in [0.2, 0.25) is 5.95 Å². The average molecular weight is 388 g/mol. The number of phenols is 1. The number of aliphatic hydroxyl groups excluding tert-OH is 1. The standard InChI is InChI=1S/C17H20N6O5/c1-9(24)8-23-12-14(22(2)17(27)20-15(12)26)19-16(23)21-18-7-10-5-4-6-11(28-3)13(10)25/h4-7,9,24-25H,8H2,1-3H3,(H,19,21)(H,20,26,27)/b18-7-/t9-/m0/s1. The fourth-order valence-corrected chi connectivity index (χ4v) is 2.73. The molecule has 0 aliphatic heterocycles. The molecule has 0 amide bonds. The second kappa shape index (κ2) is 7.56. The predicted octanol–water partition coefficient (Wildman–Crippen LogP) is -0.0357. The average Bonchev–Trinajstić information content (AvgIpc) is 2.99. The van der Waals surface area contributed by atoms with E-state index < -0.39 is 17.4 Å². The maximum atomic E-state index is 12.3. The van der Waals surface area contributed by atoms with Gasteiger partial charge in [-0.2, -0.15) is 10.1 Å². The van der Waals surface area contributed by atoms with Gasteiger partial charge in [0.05, 0.1) is 26.0 Å². The Morgan fingerprint density at radius 1 is 1.43 bits per heavy atom. The van der Waals surface area contributed by atoms with Crippen LogP contribution in [-0.2, 0) is 13.6 Å². The number of fused-ring (bicyclic) bond motifs is 1. The van der Waals surface area contributed by atoms with Crippen molar-refractivity contribution in [1.29, 1.82) is 0 Å². The second-order valence-corrected chi connectivity index (χ2v) is 6.15. The first-order valence-corrected chi connectivity index (χ1v) is 8.36. The quantitative estimate of drug-likeness (QED) is 0.342. The van der Waals surface area contributed by atoms with Crippen LogP contribution in [0.2, 0.25) is 0 Å². The molecule has 3 aromatic rings. The number of aromatic hydroxyl groups is 1. The minimum atomic E-state index is -0.777. The summed E-state index contributed by atoms with van der Waals surface area (Å²) in [6.07, 6.45) is 0.577. The molecule has 0 radical (unpaired) electrons. The van der Waals surface area contributed by atoms with E-state index in [0.717, 1.165) is 0 Å². The number of nitrogens with zero attached hydrogens (tertiary/aromatic N) is 4. The molecule has 0 saturated heterocycles. The number of anilines is 1. The fraction of sp³-hybridized carbons (Fsp3) is 0.294. The molecule has 1 aromatic carbocycles. The summed E-state index contributed by atoms with van der Waals surface area (Å²) in [6.45, 7) is 1.61. The molecule has 28 heavy (non-hydrogen) atoms. The van der Waals surface area contributed by atoms with Crippen molar-refractivity contribution in [2.75, 3.05) is 12.5 Å². The zero-order chi connectivity index (χ0) is 20.4. The largest absolute Gasteiger partial charge is 0.504 e. The van der Waals surface area contributed by atoms with Crippen molar-refractivity contribution in [2.45, 2.75) is 19.6 Å². The highest BCUT2D eigenvalue weighted by Crippen LogP contribution is 2.28. The molecule has 0 unspecified atom stereocenters. The van der Waals surface area contributed by atoms with Crippen molar-refractivity contribution in [3.8, 4) is 11.5 Å². The number of ether oxygens (including phenoxy) is 1. The number of hydrogen-bond donors (Lipinski definition) is 4. The van der Waals surface area contributed by atoms with Crippen LogP contribution in [0.15, 0.2) is 32.9 Å². The van der Waals surface area contributed by atoms with E-state index in [1.807, 2.05) is 0 Å². The van der Waals surface area contributed by atoms with Gasteiger partial charge < -0.3 is 19.5 Å². The topological polar surface area (TPSA) is 147 Å². The highest BCUT2D eigenvalue weighted by molar-refractivity contribution is 5.85. The van der Waals surface area contributed by atoms with Crippen molar-refractivity contribution < 1.29 is 14.9 Å². The van der Waals surface area contributed by atoms with Gasteiger partial charge in [-0.3, -0.25) is 14.3 Å². The maximum Gasteiger partial charge on any atom is 0.329 e. The normalized spacial score (nSPS) is 12.6. The predicted molar refractivity (Wildman–Crippen MR) is 103 cm³/mol. The van der Waals surface area contributed by atoms with Gasteiger partial charge in [-0.25, -0.2) is 10.2 Å². The van der Waals surface area contributed by atoms with Crippen LogP contribution in [0.5, 0.6) is 11.5 Å². The summed E-state index contributed by atoms with van der Waals surface area (Å²) >= 11 is 0. The molecule has 2 aromatic heterocycles. The first-order valence-electron chi connectivity index (χ1n) is 8.36. The minimum absolute atomic E-state index is 0.0556. The Hall–Kier alpha value is -3.60. The molecule has 11 nitrogen and oxygen atoms in total. The smallest absolute Gasteiger partial charge is 0.329 e. The number of rotatable bonds is 6. The Kier molecular flexibility index (Phi) is 5.18. The van der Waals surface area contributed by atoms with Crippen LogP contribution in [0.1, 0.15) is 12.5 Å². The summed E-state index contributed by atoms with van der Waals surface area (Å²) in [4.78, 5) is 30.5. The molecular weight excluding hydrogens is 368 g/mol. The highest BCUT2D eigenvalue weighted by Gasteiger charge is 2.18. The van der Waals surface area contributed by atoms with Crippen molar-refractivity contribution in [3.63, 3.8) is 0 Å². The van der Waals surface area contributed by atoms with Gasteiger partial charge in [-0.05, 0) is 19.1 Å². The number of phenolic OH excluding ortho intramolecular Hbond substituents is 1. The first-order chi connectivity index (χ1) is 13.3. The van der Waals surface area contributed by atoms with E-state index >= 15 is 0 Å². The van der Waals surface area contributed by atoms with Gasteiger partial charge in [0.15, 0.2) is 22.7 Å². The van der Waals surface area contributed by atoms with Crippen LogP contribution in [0.4, 0.5) is 5.95 Å². The van der Waals surface area contributed by atoms with E-state index in [0.29, 0.717) is 11.3 Å². The molecular formula is C17H20N6O5. The van der Waals surface area contributed by atoms with Gasteiger partial charge in [-0.15, -0.1) is 0 Å². The van der Waals surface area contributed by atoms with Crippen molar-refractivity contribution in [2.24, 2.45) is 12.1 Å². The van der Waals surface area contributed by atoms with Crippen molar-refractivity contribution >= 4 is 23.3 Å². The zero-order valence-corrected chi connectivity index (χ0v) is 15.5. The summed E-state index contributed by atoms with van der Waals surface area (Å²) in [5.41, 5.74) is 2.14. The van der Waals surface area contributed by atoms with Crippen LogP contribution in [0.25, 0.3) is 11.2 Å². The maximum absolute atomic E-state index is 12.3. The Morgan fingerprint density at radius 3 is 2.86 bits per heavy atom. The number of aliphatic hydroxyl groups is 1. The lowest BCUT2D eigenvalue weighted by atomic mass is 10.2. The Morgan fingerprint density at radius 2 is 2.18 bits per heavy atom. The van der Waals surface area contributed by atoms with Crippen molar-refractivity contribution in [3.05, 3.63) is 44.6 Å². The number of H-pyrrole nitrogens is 1. The van der Waals surface area contributed by atoms with E-state index in [2.05, 4.69) is 20.5 Å². The summed E-state index contributed by atoms with van der Waals surface area (Å²) < 4.78 is 7.67. The third-order valence-corrected chi connectivity index (χ3v) is 4.07. The van der Waals surface area contributed by atoms with E-state index in [9.17, 15) is 19.8 Å². The summed E-state index contributed by atoms with van der Waals surface area (Å²) in [6, 6.07) is 4.93. The number of aryl methyl sites for hydroxylation is 1. The fourth-order valence-electron chi connectivity index (χ4n) is 2.73. The lowest BCUT2D eigenvalue weighted by Gasteiger charge is -2.10. The summed E-state index contributed by atoms with van der Waals surface area (Å²) in [7, 11) is 2.91. The van der Waals surface area contributed by atoms with E-state index in [1.165, 1.54) is 29.5 Å². The molecule has 0 aliphatic rings. The third kappa shape index (κ3) is 3.47. The minimum Gasteiger partial charge on any atom is -0.504 e. The van der Waals surface area contributed by atoms with Crippen LogP contribution < -0.4 is 21.4 Å². The van der Waals surface area contributed by atoms with Gasteiger partial charge >= 0.3 is 5.69 Å². The molecule has 2 heterocycles. The monoisotopic (exact) mass is 388 g/mol. The van der Waals surface area contributed by atoms with Crippen LogP contribution in [-0.4, -0.2) is 48.7 Å². The number of hydrazone groups is 1. The number of aromatic amines is 1. The summed E-state index contributed by atoms with van der Waals surface area (Å²) in [5.74, 6) is 0.375. The van der Waals surface area contributed by atoms with Gasteiger partial charge in [0.25, 0.3) is 5.56 Å². The second-order valence-electron chi connectivity index (χ2n) is 6.15.